The molecule has 0 amide bonds. The van der Waals surface area contributed by atoms with Crippen LogP contribution < -0.4 is 10.1 Å². The second-order valence-electron chi connectivity index (χ2n) is 4.65. The van der Waals surface area contributed by atoms with E-state index in [1.165, 1.54) is 17.3 Å². The largest absolute Gasteiger partial charge is 0.491 e. The van der Waals surface area contributed by atoms with Crippen molar-refractivity contribution in [1.82, 2.24) is 5.32 Å². The predicted molar refractivity (Wildman–Crippen MR) is 92.1 cm³/mol. The first-order valence-corrected chi connectivity index (χ1v) is 9.70. The molecule has 1 aliphatic rings. The fourth-order valence-electron chi connectivity index (χ4n) is 1.87. The van der Waals surface area contributed by atoms with E-state index in [9.17, 15) is 5.11 Å². The van der Waals surface area contributed by atoms with Crippen molar-refractivity contribution in [3.63, 3.8) is 0 Å². The molecule has 1 heterocycles. The summed E-state index contributed by atoms with van der Waals surface area (Å²) >= 11 is 7.44. The van der Waals surface area contributed by atoms with Crippen molar-refractivity contribution < 1.29 is 9.84 Å². The van der Waals surface area contributed by atoms with E-state index in [1.54, 1.807) is 0 Å². The van der Waals surface area contributed by atoms with Crippen LogP contribution in [0.15, 0.2) is 28.7 Å². The molecular weight excluding hydrogens is 358 g/mol. The van der Waals surface area contributed by atoms with Gasteiger partial charge in [-0.05, 0) is 18.2 Å². The molecule has 2 N–H and O–H groups in total. The van der Waals surface area contributed by atoms with E-state index >= 15 is 0 Å². The number of ether oxygens (including phenoxy) is 1. The van der Waals surface area contributed by atoms with Gasteiger partial charge in [0.05, 0.1) is 0 Å². The second-order valence-corrected chi connectivity index (χ2v) is 8.12. The second kappa shape index (κ2) is 9.20. The lowest BCUT2D eigenvalue weighted by atomic mass is 10.3. The average molecular weight is 378 g/mol. The lowest BCUT2D eigenvalue weighted by Gasteiger charge is -2.22. The van der Waals surface area contributed by atoms with Gasteiger partial charge < -0.3 is 15.2 Å². The molecule has 0 aliphatic carbocycles. The van der Waals surface area contributed by atoms with Gasteiger partial charge in [-0.15, -0.1) is 0 Å². The number of benzene rings is 1. The highest BCUT2D eigenvalue weighted by molar-refractivity contribution is 9.10. The quantitative estimate of drug-likeness (QED) is 0.764. The van der Waals surface area contributed by atoms with Crippen LogP contribution in [0.5, 0.6) is 5.75 Å². The van der Waals surface area contributed by atoms with Crippen LogP contribution >= 0.6 is 39.5 Å². The molecule has 1 aromatic rings. The molecule has 112 valence electrons. The standard InChI is InChI=1S/C14H20BrNO2S2/c15-11-2-1-3-13(6-11)18-9-12(17)7-16-8-14-10-19-4-5-20-14/h1-3,6,12,14,16-17H,4-5,7-10H2. The Kier molecular flexibility index (Phi) is 7.59. The van der Waals surface area contributed by atoms with E-state index in [1.807, 2.05) is 47.8 Å². The molecule has 2 rings (SSSR count). The Morgan fingerprint density at radius 2 is 2.35 bits per heavy atom. The van der Waals surface area contributed by atoms with Gasteiger partial charge in [0, 0.05) is 40.1 Å². The Labute approximate surface area is 137 Å². The van der Waals surface area contributed by atoms with Gasteiger partial charge in [-0.3, -0.25) is 0 Å². The van der Waals surface area contributed by atoms with Crippen LogP contribution in [-0.2, 0) is 0 Å². The minimum Gasteiger partial charge on any atom is -0.491 e. The van der Waals surface area contributed by atoms with Crippen LogP contribution in [0.2, 0.25) is 0 Å². The van der Waals surface area contributed by atoms with Gasteiger partial charge in [-0.2, -0.15) is 23.5 Å². The summed E-state index contributed by atoms with van der Waals surface area (Å²) in [4.78, 5) is 0. The van der Waals surface area contributed by atoms with Crippen molar-refractivity contribution in [3.8, 4) is 5.75 Å². The lowest BCUT2D eigenvalue weighted by Crippen LogP contribution is -2.36. The lowest BCUT2D eigenvalue weighted by molar-refractivity contribution is 0.106. The molecule has 2 atom stereocenters. The summed E-state index contributed by atoms with van der Waals surface area (Å²) in [5.41, 5.74) is 0. The minimum absolute atomic E-state index is 0.315. The van der Waals surface area contributed by atoms with E-state index in [-0.39, 0.29) is 0 Å². The number of aliphatic hydroxyl groups is 1. The summed E-state index contributed by atoms with van der Waals surface area (Å²) in [6.07, 6.45) is -0.477. The highest BCUT2D eigenvalue weighted by Gasteiger charge is 2.14. The molecule has 1 saturated heterocycles. The molecule has 0 saturated carbocycles. The average Bonchev–Trinajstić information content (AvgIpc) is 2.46. The number of nitrogens with one attached hydrogen (secondary N) is 1. The van der Waals surface area contributed by atoms with Crippen molar-refractivity contribution in [2.45, 2.75) is 11.4 Å². The molecule has 0 bridgehead atoms. The third-order valence-corrected chi connectivity index (χ3v) is 6.21. The van der Waals surface area contributed by atoms with Crippen LogP contribution in [0.4, 0.5) is 0 Å². The van der Waals surface area contributed by atoms with E-state index in [4.69, 9.17) is 4.74 Å². The van der Waals surface area contributed by atoms with Gasteiger partial charge in [0.2, 0.25) is 0 Å². The van der Waals surface area contributed by atoms with Gasteiger partial charge >= 0.3 is 0 Å². The van der Waals surface area contributed by atoms with Crippen LogP contribution in [0.25, 0.3) is 0 Å². The fraction of sp³-hybridized carbons (Fsp3) is 0.571. The number of aliphatic hydroxyl groups excluding tert-OH is 1. The first kappa shape index (κ1) is 16.5. The van der Waals surface area contributed by atoms with E-state index in [0.29, 0.717) is 18.4 Å². The summed E-state index contributed by atoms with van der Waals surface area (Å²) in [7, 11) is 0. The Hall–Kier alpha value is 0.120. The predicted octanol–water partition coefficient (Wildman–Crippen LogP) is 2.63. The number of thioether (sulfide) groups is 2. The fourth-order valence-corrected chi connectivity index (χ4v) is 4.90. The smallest absolute Gasteiger partial charge is 0.120 e. The first-order valence-electron chi connectivity index (χ1n) is 6.70. The summed E-state index contributed by atoms with van der Waals surface area (Å²) in [5.74, 6) is 4.50. The minimum atomic E-state index is -0.477. The third kappa shape index (κ3) is 6.26. The summed E-state index contributed by atoms with van der Waals surface area (Å²) in [6.45, 7) is 1.86. The number of halogens is 1. The molecule has 1 fully saturated rings. The number of hydrogen-bond acceptors (Lipinski definition) is 5. The first-order chi connectivity index (χ1) is 9.74. The molecule has 1 aromatic carbocycles. The van der Waals surface area contributed by atoms with Gasteiger partial charge in [-0.25, -0.2) is 0 Å². The zero-order chi connectivity index (χ0) is 14.2. The summed E-state index contributed by atoms with van der Waals surface area (Å²) < 4.78 is 6.54. The van der Waals surface area contributed by atoms with Gasteiger partial charge in [0.15, 0.2) is 0 Å². The zero-order valence-electron chi connectivity index (χ0n) is 11.3. The summed E-state index contributed by atoms with van der Waals surface area (Å²) in [6, 6.07) is 7.66. The van der Waals surface area contributed by atoms with Gasteiger partial charge in [0.1, 0.15) is 18.5 Å². The molecule has 0 aromatic heterocycles. The van der Waals surface area contributed by atoms with Crippen LogP contribution in [0, 0.1) is 0 Å². The summed E-state index contributed by atoms with van der Waals surface area (Å²) in [5, 5.41) is 13.9. The molecular formula is C14H20BrNO2S2. The Morgan fingerprint density at radius 3 is 3.10 bits per heavy atom. The molecule has 3 nitrogen and oxygen atoms in total. The van der Waals surface area contributed by atoms with Gasteiger partial charge in [-0.1, -0.05) is 22.0 Å². The van der Waals surface area contributed by atoms with Crippen molar-refractivity contribution in [1.29, 1.82) is 0 Å². The van der Waals surface area contributed by atoms with Crippen molar-refractivity contribution in [2.24, 2.45) is 0 Å². The van der Waals surface area contributed by atoms with E-state index < -0.39 is 6.10 Å². The maximum atomic E-state index is 9.90. The maximum absolute atomic E-state index is 9.90. The van der Waals surface area contributed by atoms with Crippen molar-refractivity contribution in [2.75, 3.05) is 37.0 Å². The highest BCUT2D eigenvalue weighted by Crippen LogP contribution is 2.23. The molecule has 6 heteroatoms. The van der Waals surface area contributed by atoms with Crippen molar-refractivity contribution >= 4 is 39.5 Å². The molecule has 20 heavy (non-hydrogen) atoms. The molecule has 2 unspecified atom stereocenters. The van der Waals surface area contributed by atoms with E-state index in [2.05, 4.69) is 21.2 Å². The topological polar surface area (TPSA) is 41.5 Å². The SMILES string of the molecule is OC(CNCC1CSCCS1)COc1cccc(Br)c1. The Bertz CT molecular complexity index is 403. The maximum Gasteiger partial charge on any atom is 0.120 e. The highest BCUT2D eigenvalue weighted by atomic mass is 79.9. The molecule has 0 radical (unpaired) electrons. The Balaban J connectivity index is 1.59. The van der Waals surface area contributed by atoms with Crippen molar-refractivity contribution in [3.05, 3.63) is 28.7 Å². The third-order valence-electron chi connectivity index (χ3n) is 2.88. The number of rotatable bonds is 7. The van der Waals surface area contributed by atoms with Crippen LogP contribution in [0.1, 0.15) is 0 Å². The van der Waals surface area contributed by atoms with Crippen LogP contribution in [0.3, 0.4) is 0 Å². The molecule has 1 aliphatic heterocycles. The zero-order valence-corrected chi connectivity index (χ0v) is 14.5. The Morgan fingerprint density at radius 1 is 1.45 bits per heavy atom. The monoisotopic (exact) mass is 377 g/mol. The number of hydrogen-bond donors (Lipinski definition) is 2. The molecule has 0 spiro atoms. The van der Waals surface area contributed by atoms with Gasteiger partial charge in [0.25, 0.3) is 0 Å². The normalized spacial score (nSPS) is 20.6. The van der Waals surface area contributed by atoms with Crippen LogP contribution in [-0.4, -0.2) is 53.4 Å². The van der Waals surface area contributed by atoms with E-state index in [0.717, 1.165) is 16.8 Å².